The first-order valence-electron chi connectivity index (χ1n) is 8.92. The summed E-state index contributed by atoms with van der Waals surface area (Å²) in [5.74, 6) is 4.74. The summed E-state index contributed by atoms with van der Waals surface area (Å²) in [7, 11) is 0. The van der Waals surface area contributed by atoms with Crippen LogP contribution in [-0.2, 0) is 12.1 Å². The van der Waals surface area contributed by atoms with E-state index in [1.165, 1.54) is 18.6 Å². The number of aromatic nitrogens is 2. The number of fused-ring (bicyclic) bond motifs is 1. The molecule has 4 rings (SSSR count). The van der Waals surface area contributed by atoms with Crippen LogP contribution >= 0.6 is 11.6 Å². The number of nitrogens with one attached hydrogen (secondary N) is 2. The van der Waals surface area contributed by atoms with Crippen LogP contribution in [0.5, 0.6) is 0 Å². The van der Waals surface area contributed by atoms with Gasteiger partial charge in [-0.3, -0.25) is 9.36 Å². The molecule has 30 heavy (non-hydrogen) atoms. The Balaban J connectivity index is 1.84. The quantitative estimate of drug-likeness (QED) is 0.629. The number of alkyl halides is 3. The second kappa shape index (κ2) is 6.95. The lowest BCUT2D eigenvalue weighted by Gasteiger charge is -2.37. The maximum atomic E-state index is 14.1. The highest BCUT2D eigenvalue weighted by Gasteiger charge is 2.59. The number of nitrogens with zero attached hydrogens (tertiary/aromatic N) is 2. The predicted molar refractivity (Wildman–Crippen MR) is 104 cm³/mol. The van der Waals surface area contributed by atoms with Gasteiger partial charge in [0, 0.05) is 22.2 Å². The van der Waals surface area contributed by atoms with E-state index in [1.54, 1.807) is 0 Å². The lowest BCUT2D eigenvalue weighted by Crippen LogP contribution is -2.59. The van der Waals surface area contributed by atoms with Crippen LogP contribution in [0.25, 0.3) is 0 Å². The van der Waals surface area contributed by atoms with Gasteiger partial charge in [0.1, 0.15) is 5.69 Å². The van der Waals surface area contributed by atoms with Crippen LogP contribution in [0.4, 0.5) is 29.3 Å². The van der Waals surface area contributed by atoms with Gasteiger partial charge in [-0.25, -0.2) is 9.78 Å². The standard InChI is InChI=1S/C19H15ClF3N5O2/c20-13-6-12-15(5-11(13)8-28-9-25-7-14(24)16(28)29)26-17(30)27-18(12,19(21,22)23)4-3-10-1-2-10/h5-7,9-10H,1-2,8,24H2,(H2,26,27,30)/t18-/m0/s1. The number of hydrogen-bond acceptors (Lipinski definition) is 4. The second-order valence-electron chi connectivity index (χ2n) is 7.14. The molecular formula is C19H15ClF3N5O2. The fraction of sp³-hybridized carbons (Fsp3) is 0.316. The number of nitrogen functional groups attached to an aromatic ring is 1. The highest BCUT2D eigenvalue weighted by Crippen LogP contribution is 2.45. The minimum atomic E-state index is -4.89. The molecule has 0 saturated heterocycles. The van der Waals surface area contributed by atoms with E-state index in [0.29, 0.717) is 5.56 Å². The fourth-order valence-electron chi connectivity index (χ4n) is 3.14. The van der Waals surface area contributed by atoms with Crippen LogP contribution in [0.3, 0.4) is 0 Å². The molecule has 1 aromatic carbocycles. The molecule has 1 aliphatic heterocycles. The average molecular weight is 438 g/mol. The summed E-state index contributed by atoms with van der Waals surface area (Å²) in [5.41, 5.74) is 1.96. The molecule has 1 aliphatic carbocycles. The molecule has 0 radical (unpaired) electrons. The largest absolute Gasteiger partial charge is 0.427 e. The van der Waals surface area contributed by atoms with Crippen LogP contribution in [0.2, 0.25) is 5.02 Å². The molecule has 156 valence electrons. The van der Waals surface area contributed by atoms with Crippen molar-refractivity contribution in [3.8, 4) is 11.8 Å². The molecular weight excluding hydrogens is 423 g/mol. The lowest BCUT2D eigenvalue weighted by molar-refractivity contribution is -0.178. The number of urea groups is 1. The molecule has 2 heterocycles. The third-order valence-electron chi connectivity index (χ3n) is 4.87. The van der Waals surface area contributed by atoms with E-state index in [0.717, 1.165) is 23.5 Å². The number of hydrogen-bond donors (Lipinski definition) is 3. The molecule has 0 spiro atoms. The molecule has 1 saturated carbocycles. The lowest BCUT2D eigenvalue weighted by atomic mass is 9.85. The maximum absolute atomic E-state index is 14.1. The second-order valence-corrected chi connectivity index (χ2v) is 7.55. The van der Waals surface area contributed by atoms with Crippen LogP contribution in [0.1, 0.15) is 24.0 Å². The Morgan fingerprint density at radius 2 is 2.07 bits per heavy atom. The smallest absolute Gasteiger partial charge is 0.393 e. The zero-order valence-electron chi connectivity index (χ0n) is 15.3. The Bertz CT molecular complexity index is 1160. The Kier molecular flexibility index (Phi) is 4.66. The summed E-state index contributed by atoms with van der Waals surface area (Å²) in [6.45, 7) is -0.0982. The summed E-state index contributed by atoms with van der Waals surface area (Å²) in [6, 6.07) is 1.37. The van der Waals surface area contributed by atoms with E-state index in [2.05, 4.69) is 22.1 Å². The number of carbonyl (C=O) groups excluding carboxylic acids is 1. The SMILES string of the molecule is Nc1cncn(Cc2cc3c(cc2Cl)[C@@](C#CC2CC2)(C(F)(F)F)NC(=O)N3)c1=O. The molecule has 0 unspecified atom stereocenters. The molecule has 1 atom stereocenters. The molecule has 4 N–H and O–H groups in total. The van der Waals surface area contributed by atoms with Gasteiger partial charge in [0.15, 0.2) is 0 Å². The van der Waals surface area contributed by atoms with E-state index in [1.807, 2.05) is 5.32 Å². The first-order valence-corrected chi connectivity index (χ1v) is 9.30. The normalized spacial score (nSPS) is 20.5. The van der Waals surface area contributed by atoms with E-state index in [9.17, 15) is 22.8 Å². The predicted octanol–water partition coefficient (Wildman–Crippen LogP) is 2.83. The van der Waals surface area contributed by atoms with Crippen molar-refractivity contribution in [3.05, 3.63) is 51.2 Å². The van der Waals surface area contributed by atoms with Crippen molar-refractivity contribution in [2.45, 2.75) is 31.1 Å². The Labute approximate surface area is 173 Å². The number of amides is 2. The minimum absolute atomic E-state index is 0.0251. The summed E-state index contributed by atoms with van der Waals surface area (Å²) in [6.07, 6.45) is -1.02. The number of anilines is 2. The van der Waals surface area contributed by atoms with Crippen molar-refractivity contribution >= 4 is 29.0 Å². The number of halogens is 4. The van der Waals surface area contributed by atoms with Crippen molar-refractivity contribution in [2.75, 3.05) is 11.1 Å². The fourth-order valence-corrected chi connectivity index (χ4v) is 3.36. The number of benzene rings is 1. The van der Waals surface area contributed by atoms with Crippen molar-refractivity contribution in [3.63, 3.8) is 0 Å². The number of nitrogens with two attached hydrogens (primary N) is 1. The van der Waals surface area contributed by atoms with Crippen LogP contribution in [-0.4, -0.2) is 21.8 Å². The highest BCUT2D eigenvalue weighted by molar-refractivity contribution is 6.31. The van der Waals surface area contributed by atoms with Gasteiger partial charge in [-0.2, -0.15) is 13.2 Å². The van der Waals surface area contributed by atoms with Gasteiger partial charge < -0.3 is 16.4 Å². The number of carbonyl (C=O) groups is 1. The monoisotopic (exact) mass is 437 g/mol. The van der Waals surface area contributed by atoms with E-state index in [-0.39, 0.29) is 34.4 Å². The molecule has 7 nitrogen and oxygen atoms in total. The Hall–Kier alpha value is -3.19. The third kappa shape index (κ3) is 3.45. The van der Waals surface area contributed by atoms with Crippen LogP contribution in [0.15, 0.2) is 29.5 Å². The van der Waals surface area contributed by atoms with Gasteiger partial charge in [0.2, 0.25) is 5.54 Å². The average Bonchev–Trinajstić information content (AvgIpc) is 3.48. The Morgan fingerprint density at radius 3 is 2.73 bits per heavy atom. The zero-order chi connectivity index (χ0) is 21.7. The first kappa shape index (κ1) is 20.1. The molecule has 11 heteroatoms. The number of rotatable bonds is 2. The van der Waals surface area contributed by atoms with Crippen molar-refractivity contribution in [1.82, 2.24) is 14.9 Å². The Morgan fingerprint density at radius 1 is 1.33 bits per heavy atom. The van der Waals surface area contributed by atoms with Crippen molar-refractivity contribution < 1.29 is 18.0 Å². The van der Waals surface area contributed by atoms with Crippen molar-refractivity contribution in [1.29, 1.82) is 0 Å². The zero-order valence-corrected chi connectivity index (χ0v) is 16.1. The molecule has 2 amide bonds. The minimum Gasteiger partial charge on any atom is -0.393 e. The summed E-state index contributed by atoms with van der Waals surface area (Å²) in [5, 5.41) is 4.27. The molecule has 2 aliphatic rings. The highest BCUT2D eigenvalue weighted by atomic mass is 35.5. The molecule has 1 aromatic heterocycles. The van der Waals surface area contributed by atoms with Gasteiger partial charge in [0.05, 0.1) is 19.1 Å². The summed E-state index contributed by atoms with van der Waals surface area (Å²) < 4.78 is 43.6. The molecule has 2 aromatic rings. The third-order valence-corrected chi connectivity index (χ3v) is 5.23. The van der Waals surface area contributed by atoms with Crippen molar-refractivity contribution in [2.24, 2.45) is 5.92 Å². The maximum Gasteiger partial charge on any atom is 0.427 e. The van der Waals surface area contributed by atoms with E-state index >= 15 is 0 Å². The topological polar surface area (TPSA) is 102 Å². The van der Waals surface area contributed by atoms with Gasteiger partial charge in [0.25, 0.3) is 5.56 Å². The molecule has 1 fully saturated rings. The first-order chi connectivity index (χ1) is 14.1. The van der Waals surface area contributed by atoms with Crippen LogP contribution in [0, 0.1) is 17.8 Å². The molecule has 0 bridgehead atoms. The van der Waals surface area contributed by atoms with E-state index < -0.39 is 23.3 Å². The van der Waals surface area contributed by atoms with Gasteiger partial charge in [-0.15, -0.1) is 0 Å². The summed E-state index contributed by atoms with van der Waals surface area (Å²) in [4.78, 5) is 28.0. The van der Waals surface area contributed by atoms with Crippen LogP contribution < -0.4 is 21.9 Å². The van der Waals surface area contributed by atoms with Gasteiger partial charge in [-0.05, 0) is 30.5 Å². The van der Waals surface area contributed by atoms with Gasteiger partial charge in [-0.1, -0.05) is 23.4 Å². The summed E-state index contributed by atoms with van der Waals surface area (Å²) >= 11 is 6.27. The van der Waals surface area contributed by atoms with E-state index in [4.69, 9.17) is 17.3 Å². The van der Waals surface area contributed by atoms with Gasteiger partial charge >= 0.3 is 12.2 Å².